The third-order valence-electron chi connectivity index (χ3n) is 5.97. The SMILES string of the molecule is COCC(=O)N1CCN(c2cc(-c3n[nH]c4ccc(OC5(C)CC5)cc34)ncn2)CC1. The number of piperazine rings is 1. The minimum absolute atomic E-state index is 0.0200. The summed E-state index contributed by atoms with van der Waals surface area (Å²) in [5.41, 5.74) is 2.43. The van der Waals surface area contributed by atoms with E-state index in [1.165, 1.54) is 7.11 Å². The van der Waals surface area contributed by atoms with Gasteiger partial charge < -0.3 is 19.3 Å². The largest absolute Gasteiger partial charge is 0.488 e. The van der Waals surface area contributed by atoms with Gasteiger partial charge in [-0.05, 0) is 38.0 Å². The minimum atomic E-state index is -0.0353. The lowest BCUT2D eigenvalue weighted by molar-refractivity contribution is -0.135. The van der Waals surface area contributed by atoms with Crippen LogP contribution >= 0.6 is 0 Å². The Bertz CT molecular complexity index is 1100. The van der Waals surface area contributed by atoms with Crippen molar-refractivity contribution in [1.82, 2.24) is 25.1 Å². The zero-order valence-electron chi connectivity index (χ0n) is 17.8. The zero-order chi connectivity index (χ0) is 21.4. The van der Waals surface area contributed by atoms with E-state index >= 15 is 0 Å². The Morgan fingerprint density at radius 1 is 1.16 bits per heavy atom. The van der Waals surface area contributed by atoms with Crippen LogP contribution in [0, 0.1) is 0 Å². The number of hydrogen-bond acceptors (Lipinski definition) is 7. The molecule has 1 aromatic carbocycles. The molecule has 0 radical (unpaired) electrons. The van der Waals surface area contributed by atoms with Crippen molar-refractivity contribution in [2.75, 3.05) is 44.8 Å². The van der Waals surface area contributed by atoms with E-state index < -0.39 is 0 Å². The number of aromatic amines is 1. The summed E-state index contributed by atoms with van der Waals surface area (Å²) in [4.78, 5) is 24.9. The maximum absolute atomic E-state index is 12.0. The molecule has 9 heteroatoms. The monoisotopic (exact) mass is 422 g/mol. The number of methoxy groups -OCH3 is 1. The number of nitrogens with one attached hydrogen (secondary N) is 1. The van der Waals surface area contributed by atoms with E-state index in [1.54, 1.807) is 6.33 Å². The molecule has 0 bridgehead atoms. The van der Waals surface area contributed by atoms with Gasteiger partial charge in [-0.25, -0.2) is 9.97 Å². The predicted octanol–water partition coefficient (Wildman–Crippen LogP) is 2.25. The van der Waals surface area contributed by atoms with Gasteiger partial charge in [0.05, 0.1) is 11.2 Å². The predicted molar refractivity (Wildman–Crippen MR) is 116 cm³/mol. The van der Waals surface area contributed by atoms with Crippen LogP contribution < -0.4 is 9.64 Å². The fourth-order valence-corrected chi connectivity index (χ4v) is 3.86. The van der Waals surface area contributed by atoms with Crippen molar-refractivity contribution in [2.45, 2.75) is 25.4 Å². The maximum Gasteiger partial charge on any atom is 0.248 e. The molecule has 1 saturated heterocycles. The zero-order valence-corrected chi connectivity index (χ0v) is 17.8. The van der Waals surface area contributed by atoms with Gasteiger partial charge in [-0.1, -0.05) is 0 Å². The van der Waals surface area contributed by atoms with Crippen LogP contribution in [0.5, 0.6) is 5.75 Å². The first-order valence-electron chi connectivity index (χ1n) is 10.6. The summed E-state index contributed by atoms with van der Waals surface area (Å²) < 4.78 is 11.1. The highest BCUT2D eigenvalue weighted by Gasteiger charge is 2.40. The molecular weight excluding hydrogens is 396 g/mol. The van der Waals surface area contributed by atoms with Crippen molar-refractivity contribution < 1.29 is 14.3 Å². The van der Waals surface area contributed by atoms with Gasteiger partial charge in [0.2, 0.25) is 5.91 Å². The fraction of sp³-hybridized carbons (Fsp3) is 0.455. The molecule has 2 aliphatic rings. The first-order valence-corrected chi connectivity index (χ1v) is 10.6. The number of carbonyl (C=O) groups excluding carboxylic acids is 1. The summed E-state index contributed by atoms with van der Waals surface area (Å²) in [7, 11) is 1.54. The summed E-state index contributed by atoms with van der Waals surface area (Å²) in [5.74, 6) is 1.70. The Labute approximate surface area is 180 Å². The van der Waals surface area contributed by atoms with Crippen LogP contribution in [0.3, 0.4) is 0 Å². The van der Waals surface area contributed by atoms with Crippen molar-refractivity contribution in [3.63, 3.8) is 0 Å². The van der Waals surface area contributed by atoms with E-state index in [4.69, 9.17) is 9.47 Å². The first kappa shape index (κ1) is 19.7. The summed E-state index contributed by atoms with van der Waals surface area (Å²) in [6.45, 7) is 4.97. The number of benzene rings is 1. The lowest BCUT2D eigenvalue weighted by atomic mass is 10.1. The lowest BCUT2D eigenvalue weighted by Crippen LogP contribution is -2.50. The third-order valence-corrected chi connectivity index (χ3v) is 5.97. The molecule has 0 unspecified atom stereocenters. The number of aromatic nitrogens is 4. The van der Waals surface area contributed by atoms with Gasteiger partial charge in [-0.2, -0.15) is 5.10 Å². The fourth-order valence-electron chi connectivity index (χ4n) is 3.86. The second-order valence-electron chi connectivity index (χ2n) is 8.39. The molecule has 1 saturated carbocycles. The van der Waals surface area contributed by atoms with Crippen molar-refractivity contribution >= 4 is 22.6 Å². The molecule has 2 fully saturated rings. The van der Waals surface area contributed by atoms with E-state index in [-0.39, 0.29) is 18.1 Å². The van der Waals surface area contributed by atoms with E-state index in [2.05, 4.69) is 32.0 Å². The van der Waals surface area contributed by atoms with Crippen molar-refractivity contribution in [3.05, 3.63) is 30.6 Å². The highest BCUT2D eigenvalue weighted by molar-refractivity contribution is 5.93. The van der Waals surface area contributed by atoms with E-state index in [0.29, 0.717) is 26.2 Å². The Morgan fingerprint density at radius 2 is 1.97 bits per heavy atom. The van der Waals surface area contributed by atoms with Crippen LogP contribution in [-0.2, 0) is 9.53 Å². The van der Waals surface area contributed by atoms with Crippen LogP contribution in [-0.4, -0.2) is 76.5 Å². The number of anilines is 1. The number of nitrogens with zero attached hydrogens (tertiary/aromatic N) is 5. The van der Waals surface area contributed by atoms with Crippen LogP contribution in [0.25, 0.3) is 22.3 Å². The molecule has 5 rings (SSSR count). The minimum Gasteiger partial charge on any atom is -0.488 e. The van der Waals surface area contributed by atoms with Crippen molar-refractivity contribution in [2.24, 2.45) is 0 Å². The highest BCUT2D eigenvalue weighted by atomic mass is 16.5. The first-order chi connectivity index (χ1) is 15.0. The highest BCUT2D eigenvalue weighted by Crippen LogP contribution is 2.40. The number of hydrogen-bond donors (Lipinski definition) is 1. The Hall–Kier alpha value is -3.20. The molecular formula is C22H26N6O3. The third kappa shape index (κ3) is 4.05. The number of fused-ring (bicyclic) bond motifs is 1. The quantitative estimate of drug-likeness (QED) is 0.651. The summed E-state index contributed by atoms with van der Waals surface area (Å²) >= 11 is 0. The smallest absolute Gasteiger partial charge is 0.248 e. The van der Waals surface area contributed by atoms with E-state index in [9.17, 15) is 4.79 Å². The second kappa shape index (κ2) is 7.81. The van der Waals surface area contributed by atoms with Crippen LogP contribution in [0.1, 0.15) is 19.8 Å². The molecule has 2 aromatic heterocycles. The van der Waals surface area contributed by atoms with Gasteiger partial charge in [0.1, 0.15) is 35.8 Å². The normalized spacial score (nSPS) is 17.7. The average molecular weight is 422 g/mol. The molecule has 3 aromatic rings. The van der Waals surface area contributed by atoms with Crippen molar-refractivity contribution in [1.29, 1.82) is 0 Å². The lowest BCUT2D eigenvalue weighted by Gasteiger charge is -2.35. The molecule has 1 amide bonds. The Kier molecular flexibility index (Phi) is 4.97. The Morgan fingerprint density at radius 3 is 2.71 bits per heavy atom. The summed E-state index contributed by atoms with van der Waals surface area (Å²) in [6, 6.07) is 7.95. The van der Waals surface area contributed by atoms with Gasteiger partial charge in [0.25, 0.3) is 0 Å². The molecule has 3 heterocycles. The van der Waals surface area contributed by atoms with E-state index in [0.717, 1.165) is 46.7 Å². The molecule has 0 spiro atoms. The average Bonchev–Trinajstić information content (AvgIpc) is 3.36. The molecule has 9 nitrogen and oxygen atoms in total. The summed E-state index contributed by atoms with van der Waals surface area (Å²) in [6.07, 6.45) is 3.74. The molecule has 1 aliphatic heterocycles. The Balaban J connectivity index is 1.36. The number of carbonyl (C=O) groups is 1. The number of amides is 1. The van der Waals surface area contributed by atoms with Gasteiger partial charge in [0.15, 0.2) is 0 Å². The van der Waals surface area contributed by atoms with Crippen LogP contribution in [0.4, 0.5) is 5.82 Å². The molecule has 162 valence electrons. The molecule has 1 aliphatic carbocycles. The van der Waals surface area contributed by atoms with Gasteiger partial charge in [-0.15, -0.1) is 0 Å². The van der Waals surface area contributed by atoms with Gasteiger partial charge in [0, 0.05) is 44.7 Å². The number of H-pyrrole nitrogens is 1. The van der Waals surface area contributed by atoms with Crippen LogP contribution in [0.2, 0.25) is 0 Å². The second-order valence-corrected chi connectivity index (χ2v) is 8.39. The van der Waals surface area contributed by atoms with Gasteiger partial charge in [-0.3, -0.25) is 9.89 Å². The topological polar surface area (TPSA) is 96.5 Å². The van der Waals surface area contributed by atoms with Crippen molar-refractivity contribution in [3.8, 4) is 17.1 Å². The van der Waals surface area contributed by atoms with E-state index in [1.807, 2.05) is 29.2 Å². The molecule has 0 atom stereocenters. The van der Waals surface area contributed by atoms with Gasteiger partial charge >= 0.3 is 0 Å². The molecule has 31 heavy (non-hydrogen) atoms. The number of rotatable bonds is 6. The van der Waals surface area contributed by atoms with Crippen LogP contribution in [0.15, 0.2) is 30.6 Å². The summed E-state index contributed by atoms with van der Waals surface area (Å²) in [5, 5.41) is 8.56. The maximum atomic E-state index is 12.0. The molecule has 1 N–H and O–H groups in total. The number of ether oxygens (including phenoxy) is 2. The standard InChI is InChI=1S/C22H26N6O3/c1-22(5-6-22)31-15-3-4-17-16(11-15)21(26-25-17)18-12-19(24-14-23-18)27-7-9-28(10-8-27)20(29)13-30-2/h3-4,11-12,14H,5-10,13H2,1-2H3,(H,25,26).